The Kier molecular flexibility index (Phi) is 2.98. The van der Waals surface area contributed by atoms with E-state index in [2.05, 4.69) is 0 Å². The number of hydrogen-bond donors (Lipinski definition) is 1. The minimum Gasteiger partial charge on any atom is -0.477 e. The van der Waals surface area contributed by atoms with E-state index in [4.69, 9.17) is 5.11 Å². The Morgan fingerprint density at radius 1 is 1.29 bits per heavy atom. The molecule has 0 amide bonds. The average Bonchev–Trinajstić information content (AvgIpc) is 2.64. The van der Waals surface area contributed by atoms with E-state index in [1.807, 2.05) is 6.92 Å². The molecule has 0 atom stereocenters. The van der Waals surface area contributed by atoms with Crippen LogP contribution in [0.4, 0.5) is 4.39 Å². The fourth-order valence-corrected chi connectivity index (χ4v) is 2.70. The molecule has 0 spiro atoms. The van der Waals surface area contributed by atoms with Gasteiger partial charge in [-0.3, -0.25) is 0 Å². The molecule has 2 nitrogen and oxygen atoms in total. The molecule has 0 aliphatic heterocycles. The number of rotatable bonds is 2. The van der Waals surface area contributed by atoms with Gasteiger partial charge in [0, 0.05) is 10.4 Å². The molecule has 0 unspecified atom stereocenters. The lowest BCUT2D eigenvalue weighted by atomic mass is 10.1. The molecule has 0 radical (unpaired) electrons. The zero-order valence-corrected chi connectivity index (χ0v) is 10.3. The van der Waals surface area contributed by atoms with E-state index in [0.29, 0.717) is 10.4 Å². The number of aromatic carboxylic acids is 1. The van der Waals surface area contributed by atoms with Gasteiger partial charge in [0.25, 0.3) is 0 Å². The molecule has 2 aromatic rings. The highest BCUT2D eigenvalue weighted by Gasteiger charge is 2.15. The fourth-order valence-electron chi connectivity index (χ4n) is 1.67. The number of halogens is 1. The summed E-state index contributed by atoms with van der Waals surface area (Å²) in [7, 11) is 0. The SMILES string of the molecule is Cc1ccc(F)c(-c2sc(C(=O)O)cc2C)c1. The molecule has 4 heteroatoms. The quantitative estimate of drug-likeness (QED) is 0.878. The third-order valence-corrected chi connectivity index (χ3v) is 3.75. The van der Waals surface area contributed by atoms with E-state index in [9.17, 15) is 9.18 Å². The van der Waals surface area contributed by atoms with Crippen molar-refractivity contribution in [2.24, 2.45) is 0 Å². The van der Waals surface area contributed by atoms with Crippen molar-refractivity contribution >= 4 is 17.3 Å². The number of aryl methyl sites for hydroxylation is 2. The molecular formula is C13H11FO2S. The number of carboxylic acid groups (broad SMARTS) is 1. The van der Waals surface area contributed by atoms with Gasteiger partial charge in [-0.05, 0) is 37.6 Å². The second-order valence-electron chi connectivity index (χ2n) is 3.91. The van der Waals surface area contributed by atoms with Crippen LogP contribution in [-0.4, -0.2) is 11.1 Å². The van der Waals surface area contributed by atoms with Crippen LogP contribution in [0.15, 0.2) is 24.3 Å². The zero-order valence-electron chi connectivity index (χ0n) is 9.45. The predicted octanol–water partition coefficient (Wildman–Crippen LogP) is 3.87. The highest BCUT2D eigenvalue weighted by molar-refractivity contribution is 7.17. The zero-order chi connectivity index (χ0) is 12.6. The summed E-state index contributed by atoms with van der Waals surface area (Å²) in [6.45, 7) is 3.67. The molecule has 0 saturated carbocycles. The largest absolute Gasteiger partial charge is 0.477 e. The van der Waals surface area contributed by atoms with Crippen LogP contribution < -0.4 is 0 Å². The summed E-state index contributed by atoms with van der Waals surface area (Å²) in [5.41, 5.74) is 2.21. The van der Waals surface area contributed by atoms with E-state index >= 15 is 0 Å². The number of hydrogen-bond acceptors (Lipinski definition) is 2. The van der Waals surface area contributed by atoms with Crippen LogP contribution in [0.25, 0.3) is 10.4 Å². The molecule has 17 heavy (non-hydrogen) atoms. The first-order valence-corrected chi connectivity index (χ1v) is 5.91. The van der Waals surface area contributed by atoms with Gasteiger partial charge in [-0.1, -0.05) is 11.6 Å². The smallest absolute Gasteiger partial charge is 0.345 e. The molecular weight excluding hydrogens is 239 g/mol. The second kappa shape index (κ2) is 4.30. The Morgan fingerprint density at radius 2 is 2.00 bits per heavy atom. The van der Waals surface area contributed by atoms with Crippen molar-refractivity contribution in [1.82, 2.24) is 0 Å². The van der Waals surface area contributed by atoms with Crippen LogP contribution in [0, 0.1) is 19.7 Å². The van der Waals surface area contributed by atoms with Crippen molar-refractivity contribution < 1.29 is 14.3 Å². The van der Waals surface area contributed by atoms with Crippen molar-refractivity contribution in [2.45, 2.75) is 13.8 Å². The minimum absolute atomic E-state index is 0.235. The lowest BCUT2D eigenvalue weighted by molar-refractivity contribution is 0.0702. The molecule has 1 N–H and O–H groups in total. The van der Waals surface area contributed by atoms with Gasteiger partial charge in [-0.2, -0.15) is 0 Å². The van der Waals surface area contributed by atoms with Crippen molar-refractivity contribution in [3.63, 3.8) is 0 Å². The molecule has 88 valence electrons. The van der Waals surface area contributed by atoms with Gasteiger partial charge in [-0.25, -0.2) is 9.18 Å². The van der Waals surface area contributed by atoms with Crippen LogP contribution in [0.2, 0.25) is 0 Å². The van der Waals surface area contributed by atoms with E-state index in [1.165, 1.54) is 6.07 Å². The Hall–Kier alpha value is -1.68. The molecule has 1 heterocycles. The summed E-state index contributed by atoms with van der Waals surface area (Å²) in [6, 6.07) is 6.41. The summed E-state index contributed by atoms with van der Waals surface area (Å²) in [4.78, 5) is 11.8. The lowest BCUT2D eigenvalue weighted by Crippen LogP contribution is -1.89. The molecule has 0 saturated heterocycles. The first-order valence-electron chi connectivity index (χ1n) is 5.09. The van der Waals surface area contributed by atoms with E-state index in [0.717, 1.165) is 22.5 Å². The Labute approximate surface area is 102 Å². The molecule has 2 rings (SSSR count). The highest BCUT2D eigenvalue weighted by Crippen LogP contribution is 2.34. The summed E-state index contributed by atoms with van der Waals surface area (Å²) in [5.74, 6) is -1.30. The van der Waals surface area contributed by atoms with Crippen molar-refractivity contribution in [2.75, 3.05) is 0 Å². The van der Waals surface area contributed by atoms with Crippen LogP contribution in [0.3, 0.4) is 0 Å². The summed E-state index contributed by atoms with van der Waals surface area (Å²) >= 11 is 1.10. The Balaban J connectivity index is 2.60. The number of thiophene rings is 1. The second-order valence-corrected chi connectivity index (χ2v) is 4.96. The minimum atomic E-state index is -0.975. The molecule has 0 bridgehead atoms. The summed E-state index contributed by atoms with van der Waals surface area (Å²) < 4.78 is 13.7. The Morgan fingerprint density at radius 3 is 2.59 bits per heavy atom. The first kappa shape index (κ1) is 11.8. The number of carboxylic acids is 1. The van der Waals surface area contributed by atoms with Crippen LogP contribution >= 0.6 is 11.3 Å². The molecule has 1 aromatic carbocycles. The van der Waals surface area contributed by atoms with E-state index in [1.54, 1.807) is 25.1 Å². The topological polar surface area (TPSA) is 37.3 Å². The molecule has 0 aliphatic rings. The number of carbonyl (C=O) groups is 1. The van der Waals surface area contributed by atoms with E-state index in [-0.39, 0.29) is 10.7 Å². The van der Waals surface area contributed by atoms with Gasteiger partial charge in [0.05, 0.1) is 0 Å². The van der Waals surface area contributed by atoms with Gasteiger partial charge >= 0.3 is 5.97 Å². The van der Waals surface area contributed by atoms with Crippen LogP contribution in [0.1, 0.15) is 20.8 Å². The monoisotopic (exact) mass is 250 g/mol. The maximum Gasteiger partial charge on any atom is 0.345 e. The summed E-state index contributed by atoms with van der Waals surface area (Å²) in [5, 5.41) is 8.91. The van der Waals surface area contributed by atoms with Crippen molar-refractivity contribution in [3.8, 4) is 10.4 Å². The van der Waals surface area contributed by atoms with E-state index < -0.39 is 5.97 Å². The van der Waals surface area contributed by atoms with Gasteiger partial charge in [0.1, 0.15) is 10.7 Å². The molecule has 0 fully saturated rings. The van der Waals surface area contributed by atoms with Gasteiger partial charge in [0.15, 0.2) is 0 Å². The maximum absolute atomic E-state index is 13.7. The highest BCUT2D eigenvalue weighted by atomic mass is 32.1. The average molecular weight is 250 g/mol. The maximum atomic E-state index is 13.7. The van der Waals surface area contributed by atoms with Gasteiger partial charge < -0.3 is 5.11 Å². The lowest BCUT2D eigenvalue weighted by Gasteiger charge is -2.03. The van der Waals surface area contributed by atoms with Crippen LogP contribution in [-0.2, 0) is 0 Å². The van der Waals surface area contributed by atoms with Gasteiger partial charge in [0.2, 0.25) is 0 Å². The predicted molar refractivity (Wildman–Crippen MR) is 66.1 cm³/mol. The molecule has 1 aromatic heterocycles. The normalized spacial score (nSPS) is 10.5. The number of benzene rings is 1. The Bertz CT molecular complexity index is 587. The van der Waals surface area contributed by atoms with Crippen molar-refractivity contribution in [3.05, 3.63) is 46.1 Å². The van der Waals surface area contributed by atoms with Crippen LogP contribution in [0.5, 0.6) is 0 Å². The third-order valence-electron chi connectivity index (χ3n) is 2.50. The van der Waals surface area contributed by atoms with Crippen molar-refractivity contribution in [1.29, 1.82) is 0 Å². The first-order chi connectivity index (χ1) is 7.99. The molecule has 0 aliphatic carbocycles. The standard InChI is InChI=1S/C13H11FO2S/c1-7-3-4-10(14)9(5-7)12-8(2)6-11(17-12)13(15)16/h3-6H,1-2H3,(H,15,16). The third kappa shape index (κ3) is 2.22. The fraction of sp³-hybridized carbons (Fsp3) is 0.154. The van der Waals surface area contributed by atoms with Gasteiger partial charge in [-0.15, -0.1) is 11.3 Å². The summed E-state index contributed by atoms with van der Waals surface area (Å²) in [6.07, 6.45) is 0.